The molecule has 54 heavy (non-hydrogen) atoms. The Labute approximate surface area is 328 Å². The number of phosphoric acid groups is 1. The van der Waals surface area contributed by atoms with E-state index in [4.69, 9.17) is 18.5 Å². The second kappa shape index (κ2) is 35.6. The van der Waals surface area contributed by atoms with Crippen LogP contribution in [0.3, 0.4) is 0 Å². The quantitative estimate of drug-likeness (QED) is 0.0226. The topological polar surface area (TPSA) is 108 Å². The van der Waals surface area contributed by atoms with E-state index in [-0.39, 0.29) is 26.1 Å². The van der Waals surface area contributed by atoms with Crippen molar-refractivity contribution < 1.29 is 42.1 Å². The Hall–Kier alpha value is -3.07. The minimum atomic E-state index is -4.41. The van der Waals surface area contributed by atoms with Crippen molar-refractivity contribution in [2.75, 3.05) is 47.5 Å². The molecule has 2 atom stereocenters. The van der Waals surface area contributed by atoms with E-state index < -0.39 is 32.5 Å². The molecule has 0 spiro atoms. The van der Waals surface area contributed by atoms with Gasteiger partial charge in [0.05, 0.1) is 34.2 Å². The number of hydrogen-bond acceptors (Lipinski definition) is 7. The third kappa shape index (κ3) is 38.6. The highest BCUT2D eigenvalue weighted by molar-refractivity contribution is 7.47. The van der Waals surface area contributed by atoms with Gasteiger partial charge in [0.1, 0.15) is 19.8 Å². The molecule has 0 aromatic carbocycles. The first kappa shape index (κ1) is 50.9. The lowest BCUT2D eigenvalue weighted by Crippen LogP contribution is -2.37. The van der Waals surface area contributed by atoms with Gasteiger partial charge in [-0.05, 0) is 70.6 Å². The average Bonchev–Trinajstić information content (AvgIpc) is 3.12. The van der Waals surface area contributed by atoms with Gasteiger partial charge in [-0.15, -0.1) is 0 Å². The number of ether oxygens (including phenoxy) is 2. The van der Waals surface area contributed by atoms with Gasteiger partial charge in [-0.25, -0.2) is 4.57 Å². The highest BCUT2D eigenvalue weighted by atomic mass is 31.2. The van der Waals surface area contributed by atoms with Gasteiger partial charge in [-0.2, -0.15) is 0 Å². The Morgan fingerprint density at radius 3 is 1.57 bits per heavy atom. The minimum Gasteiger partial charge on any atom is -0.462 e. The van der Waals surface area contributed by atoms with Gasteiger partial charge < -0.3 is 18.9 Å². The number of quaternary nitrogens is 1. The second-order valence-electron chi connectivity index (χ2n) is 13.9. The van der Waals surface area contributed by atoms with Crippen molar-refractivity contribution in [2.24, 2.45) is 0 Å². The third-order valence-corrected chi connectivity index (χ3v) is 8.63. The molecule has 2 unspecified atom stereocenters. The molecule has 0 aromatic heterocycles. The molecule has 0 bridgehead atoms. The van der Waals surface area contributed by atoms with Gasteiger partial charge in [-0.1, -0.05) is 130 Å². The van der Waals surface area contributed by atoms with Crippen molar-refractivity contribution in [3.8, 4) is 0 Å². The van der Waals surface area contributed by atoms with Crippen LogP contribution in [-0.2, 0) is 32.7 Å². The molecule has 0 aromatic rings. The fraction of sp³-hybridized carbons (Fsp3) is 0.591. The maximum atomic E-state index is 12.6. The molecule has 0 heterocycles. The summed E-state index contributed by atoms with van der Waals surface area (Å²) in [5, 5.41) is 0. The fourth-order valence-electron chi connectivity index (χ4n) is 4.57. The van der Waals surface area contributed by atoms with Gasteiger partial charge in [0.2, 0.25) is 0 Å². The molecule has 10 heteroatoms. The molecule has 0 aliphatic rings. The van der Waals surface area contributed by atoms with Crippen molar-refractivity contribution in [3.05, 3.63) is 97.2 Å². The van der Waals surface area contributed by atoms with E-state index in [0.29, 0.717) is 23.9 Å². The number of esters is 2. The van der Waals surface area contributed by atoms with E-state index in [9.17, 15) is 19.0 Å². The fourth-order valence-corrected chi connectivity index (χ4v) is 5.31. The van der Waals surface area contributed by atoms with Gasteiger partial charge in [0, 0.05) is 6.42 Å². The van der Waals surface area contributed by atoms with E-state index in [1.807, 2.05) is 33.3 Å². The summed E-state index contributed by atoms with van der Waals surface area (Å²) in [5.41, 5.74) is 0. The van der Waals surface area contributed by atoms with Crippen molar-refractivity contribution in [2.45, 2.75) is 123 Å². The summed E-state index contributed by atoms with van der Waals surface area (Å²) in [6.45, 7) is 4.02. The highest BCUT2D eigenvalue weighted by Crippen LogP contribution is 2.43. The first-order valence-electron chi connectivity index (χ1n) is 20.0. The Kier molecular flexibility index (Phi) is 33.6. The van der Waals surface area contributed by atoms with Crippen molar-refractivity contribution >= 4 is 19.8 Å². The molecular weight excluding hydrogens is 701 g/mol. The molecule has 0 rings (SSSR count). The van der Waals surface area contributed by atoms with Crippen LogP contribution in [0.5, 0.6) is 0 Å². The number of unbranched alkanes of at least 4 members (excludes halogenated alkanes) is 5. The number of likely N-dealkylation sites (N-methyl/N-ethyl adjacent to an activating group) is 1. The molecule has 0 fully saturated rings. The number of carbonyl (C=O) groups is 2. The predicted molar refractivity (Wildman–Crippen MR) is 224 cm³/mol. The number of rotatable bonds is 34. The van der Waals surface area contributed by atoms with Crippen LogP contribution in [0.2, 0.25) is 0 Å². The average molecular weight is 775 g/mol. The van der Waals surface area contributed by atoms with Crippen LogP contribution in [0.25, 0.3) is 0 Å². The van der Waals surface area contributed by atoms with Crippen molar-refractivity contribution in [1.29, 1.82) is 0 Å². The standard InChI is InChI=1S/C44H72NO8P/c1-6-8-10-12-14-16-18-20-22-24-26-28-30-32-34-36-43(46)50-40-42(41-52-54(48,49)51-39-38-45(3,4)5)53-44(47)37-35-33-31-29-27-25-23-21-19-17-15-13-11-9-7-2/h8-11,14-17,20-23,27,29,33,35,42H,6-7,12-13,18-19,24-26,28,30-32,34,36-41H2,1-5H3/p+1/b10-8-,11-9-,16-14-,17-15-,22-20-,23-21-,29-27-,35-33-. The molecular formula is C44H73NO8P+. The predicted octanol–water partition coefficient (Wildman–Crippen LogP) is 11.0. The Morgan fingerprint density at radius 1 is 0.593 bits per heavy atom. The largest absolute Gasteiger partial charge is 0.472 e. The normalized spacial score (nSPS) is 14.7. The lowest BCUT2D eigenvalue weighted by atomic mass is 10.1. The lowest BCUT2D eigenvalue weighted by molar-refractivity contribution is -0.870. The van der Waals surface area contributed by atoms with Crippen molar-refractivity contribution in [3.63, 3.8) is 0 Å². The summed E-state index contributed by atoms with van der Waals surface area (Å²) in [4.78, 5) is 35.2. The summed E-state index contributed by atoms with van der Waals surface area (Å²) in [7, 11) is 1.39. The second-order valence-corrected chi connectivity index (χ2v) is 15.4. The summed E-state index contributed by atoms with van der Waals surface area (Å²) in [6.07, 6.45) is 46.3. The smallest absolute Gasteiger partial charge is 0.462 e. The Morgan fingerprint density at radius 2 is 1.06 bits per heavy atom. The van der Waals surface area contributed by atoms with Gasteiger partial charge in [0.25, 0.3) is 0 Å². The van der Waals surface area contributed by atoms with Gasteiger partial charge >= 0.3 is 19.8 Å². The van der Waals surface area contributed by atoms with Crippen molar-refractivity contribution in [1.82, 2.24) is 0 Å². The zero-order valence-electron chi connectivity index (χ0n) is 34.2. The van der Waals surface area contributed by atoms with Crippen LogP contribution >= 0.6 is 7.82 Å². The zero-order valence-corrected chi connectivity index (χ0v) is 35.1. The molecule has 0 aliphatic heterocycles. The van der Waals surface area contributed by atoms with Crippen LogP contribution in [0.15, 0.2) is 97.2 Å². The molecule has 0 saturated heterocycles. The molecule has 0 amide bonds. The van der Waals surface area contributed by atoms with Crippen LogP contribution in [-0.4, -0.2) is 74.9 Å². The first-order valence-corrected chi connectivity index (χ1v) is 21.5. The summed E-state index contributed by atoms with van der Waals surface area (Å²) in [5.74, 6) is -0.979. The maximum Gasteiger partial charge on any atom is 0.472 e. The minimum absolute atomic E-state index is 0.00145. The maximum absolute atomic E-state index is 12.6. The Bertz CT molecular complexity index is 1240. The Balaban J connectivity index is 4.61. The van der Waals surface area contributed by atoms with Crippen LogP contribution < -0.4 is 0 Å². The number of nitrogens with zero attached hydrogens (tertiary/aromatic N) is 1. The van der Waals surface area contributed by atoms with E-state index in [0.717, 1.165) is 77.0 Å². The summed E-state index contributed by atoms with van der Waals surface area (Å²) in [6, 6.07) is 0. The van der Waals surface area contributed by atoms with Crippen LogP contribution in [0, 0.1) is 0 Å². The molecule has 0 saturated carbocycles. The van der Waals surface area contributed by atoms with E-state index in [2.05, 4.69) is 92.8 Å². The molecule has 0 radical (unpaired) electrons. The lowest BCUT2D eigenvalue weighted by Gasteiger charge is -2.24. The van der Waals surface area contributed by atoms with E-state index in [1.54, 1.807) is 6.08 Å². The summed E-state index contributed by atoms with van der Waals surface area (Å²) < 4.78 is 34.0. The summed E-state index contributed by atoms with van der Waals surface area (Å²) >= 11 is 0. The zero-order chi connectivity index (χ0) is 40.0. The van der Waals surface area contributed by atoms with E-state index in [1.165, 1.54) is 0 Å². The van der Waals surface area contributed by atoms with Gasteiger partial charge in [-0.3, -0.25) is 18.6 Å². The molecule has 9 nitrogen and oxygen atoms in total. The molecule has 0 aliphatic carbocycles. The highest BCUT2D eigenvalue weighted by Gasteiger charge is 2.26. The van der Waals surface area contributed by atoms with Crippen LogP contribution in [0.4, 0.5) is 0 Å². The first-order chi connectivity index (χ1) is 26.0. The molecule has 306 valence electrons. The SMILES string of the molecule is CC/C=C\C/C=C\C/C=C\C/C=C\C/C=C\CC(=O)OC(COC(=O)CCCCCCC/C=C\C/C=C\C/C=C\CC)COP(=O)(O)OCC[N+](C)(C)C. The number of phosphoric ester groups is 1. The van der Waals surface area contributed by atoms with Crippen LogP contribution in [0.1, 0.15) is 117 Å². The number of hydrogen-bond donors (Lipinski definition) is 1. The molecule has 1 N–H and O–H groups in total. The van der Waals surface area contributed by atoms with Gasteiger partial charge in [0.15, 0.2) is 6.10 Å². The number of allylic oxidation sites excluding steroid dienone is 15. The number of carbonyl (C=O) groups excluding carboxylic acids is 2. The monoisotopic (exact) mass is 775 g/mol. The van der Waals surface area contributed by atoms with E-state index >= 15 is 0 Å². The third-order valence-electron chi connectivity index (χ3n) is 7.64.